The van der Waals surface area contributed by atoms with E-state index in [0.29, 0.717) is 40.9 Å². The molecule has 1 aromatic heterocycles. The number of anilines is 1. The van der Waals surface area contributed by atoms with Gasteiger partial charge in [0.2, 0.25) is 5.91 Å². The highest BCUT2D eigenvalue weighted by molar-refractivity contribution is 6.35. The largest absolute Gasteiger partial charge is 0.348 e. The highest BCUT2D eigenvalue weighted by Crippen LogP contribution is 2.28. The molecule has 4 rings (SSSR count). The van der Waals surface area contributed by atoms with Gasteiger partial charge < -0.3 is 10.6 Å². The molecule has 2 heterocycles. The number of aromatic nitrogens is 1. The Kier molecular flexibility index (Phi) is 8.16. The second-order valence-electron chi connectivity index (χ2n) is 8.35. The predicted molar refractivity (Wildman–Crippen MR) is 135 cm³/mol. The number of nitrogens with one attached hydrogen (secondary N) is 2. The molecule has 3 aromatic rings. The van der Waals surface area contributed by atoms with Crippen molar-refractivity contribution in [1.82, 2.24) is 15.2 Å². The van der Waals surface area contributed by atoms with Gasteiger partial charge in [0.15, 0.2) is 0 Å². The van der Waals surface area contributed by atoms with Crippen LogP contribution in [-0.2, 0) is 17.9 Å². The van der Waals surface area contributed by atoms with Crippen molar-refractivity contribution < 1.29 is 9.59 Å². The van der Waals surface area contributed by atoms with Crippen LogP contribution in [0.15, 0.2) is 67.0 Å². The summed E-state index contributed by atoms with van der Waals surface area (Å²) in [5, 5.41) is 7.13. The van der Waals surface area contributed by atoms with Crippen LogP contribution in [0.2, 0.25) is 10.0 Å². The zero-order valence-electron chi connectivity index (χ0n) is 18.6. The number of pyridine rings is 1. The molecule has 1 unspecified atom stereocenters. The number of para-hydroxylation sites is 1. The van der Waals surface area contributed by atoms with E-state index in [1.54, 1.807) is 36.7 Å². The number of halogens is 2. The van der Waals surface area contributed by atoms with Crippen LogP contribution in [0.5, 0.6) is 0 Å². The maximum absolute atomic E-state index is 13.1. The normalized spacial score (nSPS) is 16.1. The maximum atomic E-state index is 13.1. The van der Waals surface area contributed by atoms with Crippen LogP contribution in [0.3, 0.4) is 0 Å². The smallest absolute Gasteiger partial charge is 0.253 e. The number of amides is 2. The lowest BCUT2D eigenvalue weighted by molar-refractivity contribution is -0.121. The molecule has 0 radical (unpaired) electrons. The fourth-order valence-corrected chi connectivity index (χ4v) is 4.64. The molecule has 176 valence electrons. The van der Waals surface area contributed by atoms with E-state index >= 15 is 0 Å². The molecule has 2 aromatic carbocycles. The Bertz CT molecular complexity index is 1140. The average molecular weight is 497 g/mol. The molecular weight excluding hydrogens is 471 g/mol. The zero-order valence-corrected chi connectivity index (χ0v) is 20.1. The molecule has 1 saturated heterocycles. The number of nitrogens with zero attached hydrogens (tertiary/aromatic N) is 2. The first-order valence-corrected chi connectivity index (χ1v) is 12.0. The summed E-state index contributed by atoms with van der Waals surface area (Å²) < 4.78 is 0. The predicted octanol–water partition coefficient (Wildman–Crippen LogP) is 5.17. The molecule has 2 amide bonds. The molecule has 0 bridgehead atoms. The van der Waals surface area contributed by atoms with Crippen molar-refractivity contribution in [2.45, 2.75) is 25.9 Å². The van der Waals surface area contributed by atoms with E-state index in [1.165, 1.54) is 0 Å². The molecule has 6 nitrogen and oxygen atoms in total. The van der Waals surface area contributed by atoms with Crippen molar-refractivity contribution >= 4 is 40.7 Å². The van der Waals surface area contributed by atoms with Gasteiger partial charge in [-0.05, 0) is 55.3 Å². The number of hydrogen-bond donors (Lipinski definition) is 2. The van der Waals surface area contributed by atoms with Gasteiger partial charge in [0.25, 0.3) is 5.91 Å². The maximum Gasteiger partial charge on any atom is 0.253 e. The summed E-state index contributed by atoms with van der Waals surface area (Å²) in [4.78, 5) is 32.2. The van der Waals surface area contributed by atoms with Crippen molar-refractivity contribution in [1.29, 1.82) is 0 Å². The van der Waals surface area contributed by atoms with Crippen LogP contribution in [0.4, 0.5) is 5.69 Å². The molecule has 0 saturated carbocycles. The number of likely N-dealkylation sites (tertiary alicyclic amines) is 1. The molecule has 1 fully saturated rings. The Balaban J connectivity index is 1.39. The molecule has 0 spiro atoms. The minimum atomic E-state index is -0.251. The SMILES string of the molecule is O=C(NCc1cccnc1)c1ccccc1NC(=O)C1CCCN(Cc2c(Cl)cccc2Cl)C1. The van der Waals surface area contributed by atoms with E-state index in [4.69, 9.17) is 23.2 Å². The summed E-state index contributed by atoms with van der Waals surface area (Å²) in [6.45, 7) is 2.42. The number of carbonyl (C=O) groups excluding carboxylic acids is 2. The number of hydrogen-bond acceptors (Lipinski definition) is 4. The van der Waals surface area contributed by atoms with Gasteiger partial charge in [-0.25, -0.2) is 0 Å². The standard InChI is InChI=1S/C26H26Cl2N4O2/c27-22-9-3-10-23(28)21(22)17-32-13-5-7-19(16-32)25(33)31-24-11-2-1-8-20(24)26(34)30-15-18-6-4-12-29-14-18/h1-4,6,8-12,14,19H,5,7,13,15-17H2,(H,30,34)(H,31,33). The van der Waals surface area contributed by atoms with E-state index in [9.17, 15) is 9.59 Å². The van der Waals surface area contributed by atoms with Crippen molar-refractivity contribution in [3.05, 3.63) is 93.7 Å². The quantitative estimate of drug-likeness (QED) is 0.473. The Hall–Kier alpha value is -2.93. The molecule has 0 aliphatic carbocycles. The molecule has 1 aliphatic heterocycles. The Morgan fingerprint density at radius 3 is 2.59 bits per heavy atom. The molecule has 34 heavy (non-hydrogen) atoms. The zero-order chi connectivity index (χ0) is 23.9. The Morgan fingerprint density at radius 2 is 1.82 bits per heavy atom. The number of benzene rings is 2. The molecule has 8 heteroatoms. The second kappa shape index (κ2) is 11.5. The van der Waals surface area contributed by atoms with Gasteiger partial charge in [-0.3, -0.25) is 19.5 Å². The average Bonchev–Trinajstić information content (AvgIpc) is 2.86. The van der Waals surface area contributed by atoms with Gasteiger partial charge in [-0.2, -0.15) is 0 Å². The van der Waals surface area contributed by atoms with Gasteiger partial charge in [-0.1, -0.05) is 47.5 Å². The molecular formula is C26H26Cl2N4O2. The van der Waals surface area contributed by atoms with Crippen LogP contribution < -0.4 is 10.6 Å². The van der Waals surface area contributed by atoms with E-state index < -0.39 is 0 Å². The van der Waals surface area contributed by atoms with Gasteiger partial charge in [0, 0.05) is 47.6 Å². The minimum Gasteiger partial charge on any atom is -0.348 e. The first kappa shape index (κ1) is 24.2. The highest BCUT2D eigenvalue weighted by Gasteiger charge is 2.27. The van der Waals surface area contributed by atoms with E-state index in [2.05, 4.69) is 20.5 Å². The lowest BCUT2D eigenvalue weighted by Crippen LogP contribution is -2.40. The fraction of sp³-hybridized carbons (Fsp3) is 0.269. The van der Waals surface area contributed by atoms with E-state index in [1.807, 2.05) is 30.3 Å². The minimum absolute atomic E-state index is 0.0949. The van der Waals surface area contributed by atoms with Crippen molar-refractivity contribution in [3.8, 4) is 0 Å². The number of piperidine rings is 1. The Morgan fingerprint density at radius 1 is 1.03 bits per heavy atom. The van der Waals surface area contributed by atoms with E-state index in [0.717, 1.165) is 30.5 Å². The van der Waals surface area contributed by atoms with Crippen LogP contribution in [0, 0.1) is 5.92 Å². The number of rotatable bonds is 7. The monoisotopic (exact) mass is 496 g/mol. The molecule has 1 atom stereocenters. The van der Waals surface area contributed by atoms with Crippen LogP contribution in [0.1, 0.15) is 34.3 Å². The summed E-state index contributed by atoms with van der Waals surface area (Å²) in [6, 6.07) is 16.2. The highest BCUT2D eigenvalue weighted by atomic mass is 35.5. The van der Waals surface area contributed by atoms with Gasteiger partial charge in [0.1, 0.15) is 0 Å². The van der Waals surface area contributed by atoms with Crippen LogP contribution >= 0.6 is 23.2 Å². The van der Waals surface area contributed by atoms with Crippen molar-refractivity contribution in [2.24, 2.45) is 5.92 Å². The summed E-state index contributed by atoms with van der Waals surface area (Å²) in [6.07, 6.45) is 5.07. The van der Waals surface area contributed by atoms with Gasteiger partial charge >= 0.3 is 0 Å². The topological polar surface area (TPSA) is 74.3 Å². The molecule has 2 N–H and O–H groups in total. The third-order valence-electron chi connectivity index (χ3n) is 5.93. The third-order valence-corrected chi connectivity index (χ3v) is 6.63. The first-order chi connectivity index (χ1) is 16.5. The van der Waals surface area contributed by atoms with Crippen molar-refractivity contribution in [2.75, 3.05) is 18.4 Å². The lowest BCUT2D eigenvalue weighted by atomic mass is 9.96. The Labute approximate surface area is 209 Å². The van der Waals surface area contributed by atoms with E-state index in [-0.39, 0.29) is 17.7 Å². The first-order valence-electron chi connectivity index (χ1n) is 11.2. The van der Waals surface area contributed by atoms with Crippen LogP contribution in [-0.4, -0.2) is 34.8 Å². The fourth-order valence-electron chi connectivity index (χ4n) is 4.13. The molecule has 1 aliphatic rings. The summed E-state index contributed by atoms with van der Waals surface area (Å²) >= 11 is 12.7. The van der Waals surface area contributed by atoms with Gasteiger partial charge in [0.05, 0.1) is 17.2 Å². The summed E-state index contributed by atoms with van der Waals surface area (Å²) in [5.41, 5.74) is 2.71. The second-order valence-corrected chi connectivity index (χ2v) is 9.17. The van der Waals surface area contributed by atoms with Gasteiger partial charge in [-0.15, -0.1) is 0 Å². The summed E-state index contributed by atoms with van der Waals surface area (Å²) in [7, 11) is 0. The summed E-state index contributed by atoms with van der Waals surface area (Å²) in [5.74, 6) is -0.539. The van der Waals surface area contributed by atoms with Crippen LogP contribution in [0.25, 0.3) is 0 Å². The third kappa shape index (κ3) is 6.14. The lowest BCUT2D eigenvalue weighted by Gasteiger charge is -2.32. The number of carbonyl (C=O) groups is 2. The van der Waals surface area contributed by atoms with Crippen molar-refractivity contribution in [3.63, 3.8) is 0 Å².